The highest BCUT2D eigenvalue weighted by atomic mass is 14.9. The Labute approximate surface area is 147 Å². The van der Waals surface area contributed by atoms with Gasteiger partial charge in [-0.2, -0.15) is 5.26 Å². The molecule has 0 amide bonds. The Kier molecular flexibility index (Phi) is 5.36. The standard InChI is InChI=1S/C19H22N6/c20-6-2-3-13-7-16(8-13)23-11-15(10-22)18-12-24-17-5-1-4-14(9-21)19(17)25-18/h1,4-5,10-13,16,22-23H,2-3,6-8,20H2/b15-11+,22-10?. The second kappa shape index (κ2) is 7.86. The maximum atomic E-state index is 9.23. The lowest BCUT2D eigenvalue weighted by Crippen LogP contribution is -2.38. The Morgan fingerprint density at radius 2 is 2.28 bits per heavy atom. The number of allylic oxidation sites excluding steroid dienone is 1. The summed E-state index contributed by atoms with van der Waals surface area (Å²) < 4.78 is 0. The van der Waals surface area contributed by atoms with Crippen molar-refractivity contribution in [2.75, 3.05) is 6.54 Å². The van der Waals surface area contributed by atoms with E-state index in [1.165, 1.54) is 12.6 Å². The van der Waals surface area contributed by atoms with Crippen LogP contribution in [0.15, 0.2) is 30.6 Å². The van der Waals surface area contributed by atoms with Gasteiger partial charge in [0.15, 0.2) is 0 Å². The lowest BCUT2D eigenvalue weighted by Gasteiger charge is -2.35. The van der Waals surface area contributed by atoms with Crippen LogP contribution in [0.4, 0.5) is 0 Å². The quantitative estimate of drug-likeness (QED) is 0.674. The second-order valence-corrected chi connectivity index (χ2v) is 6.42. The van der Waals surface area contributed by atoms with Crippen LogP contribution in [0, 0.1) is 22.7 Å². The normalized spacial score (nSPS) is 19.9. The third kappa shape index (κ3) is 3.83. The number of nitrogens with zero attached hydrogens (tertiary/aromatic N) is 3. The summed E-state index contributed by atoms with van der Waals surface area (Å²) in [6, 6.07) is 7.93. The SMILES string of the molecule is N#Cc1cccc2ncc(/C(C=N)=C/NC3CC(CCCN)C3)nc12. The molecule has 1 aromatic heterocycles. The zero-order chi connectivity index (χ0) is 17.6. The second-order valence-electron chi connectivity index (χ2n) is 6.42. The van der Waals surface area contributed by atoms with E-state index in [1.807, 2.05) is 12.3 Å². The number of para-hydroxylation sites is 1. The minimum atomic E-state index is 0.445. The fraction of sp³-hybridized carbons (Fsp3) is 0.368. The summed E-state index contributed by atoms with van der Waals surface area (Å²) >= 11 is 0. The van der Waals surface area contributed by atoms with Crippen molar-refractivity contribution in [3.8, 4) is 6.07 Å². The van der Waals surface area contributed by atoms with Crippen molar-refractivity contribution in [3.05, 3.63) is 41.9 Å². The van der Waals surface area contributed by atoms with Crippen LogP contribution in [0.25, 0.3) is 16.6 Å². The Morgan fingerprint density at radius 3 is 3.00 bits per heavy atom. The molecule has 0 saturated heterocycles. The number of nitrogens with one attached hydrogen (secondary N) is 2. The lowest BCUT2D eigenvalue weighted by molar-refractivity contribution is 0.223. The van der Waals surface area contributed by atoms with Crippen LogP contribution in [0.1, 0.15) is 36.9 Å². The fourth-order valence-corrected chi connectivity index (χ4v) is 3.17. The van der Waals surface area contributed by atoms with Crippen molar-refractivity contribution in [1.82, 2.24) is 15.3 Å². The van der Waals surface area contributed by atoms with E-state index in [4.69, 9.17) is 11.1 Å². The smallest absolute Gasteiger partial charge is 0.107 e. The van der Waals surface area contributed by atoms with Gasteiger partial charge in [0.2, 0.25) is 0 Å². The van der Waals surface area contributed by atoms with Gasteiger partial charge in [0.05, 0.1) is 23.0 Å². The highest BCUT2D eigenvalue weighted by Gasteiger charge is 2.27. The molecule has 128 valence electrons. The summed E-state index contributed by atoms with van der Waals surface area (Å²) in [4.78, 5) is 8.90. The van der Waals surface area contributed by atoms with Gasteiger partial charge in [-0.15, -0.1) is 0 Å². The van der Waals surface area contributed by atoms with Crippen LogP contribution in [0.3, 0.4) is 0 Å². The van der Waals surface area contributed by atoms with Crippen LogP contribution in [0.5, 0.6) is 0 Å². The van der Waals surface area contributed by atoms with E-state index in [0.717, 1.165) is 31.7 Å². The first kappa shape index (κ1) is 17.1. The van der Waals surface area contributed by atoms with Crippen molar-refractivity contribution in [2.24, 2.45) is 11.7 Å². The van der Waals surface area contributed by atoms with Crippen molar-refractivity contribution in [2.45, 2.75) is 31.7 Å². The molecule has 4 N–H and O–H groups in total. The van der Waals surface area contributed by atoms with E-state index in [1.54, 1.807) is 18.3 Å². The number of rotatable bonds is 7. The summed E-state index contributed by atoms with van der Waals surface area (Å²) in [6.45, 7) is 0.762. The van der Waals surface area contributed by atoms with Crippen LogP contribution in [-0.4, -0.2) is 28.8 Å². The van der Waals surface area contributed by atoms with E-state index in [-0.39, 0.29) is 0 Å². The summed E-state index contributed by atoms with van der Waals surface area (Å²) in [6.07, 6.45) is 9.32. The summed E-state index contributed by atoms with van der Waals surface area (Å²) in [5.41, 5.74) is 8.55. The van der Waals surface area contributed by atoms with Gasteiger partial charge in [-0.05, 0) is 50.3 Å². The molecule has 25 heavy (non-hydrogen) atoms. The molecule has 1 aromatic carbocycles. The Balaban J connectivity index is 1.72. The molecule has 0 atom stereocenters. The molecule has 0 aliphatic heterocycles. The van der Waals surface area contributed by atoms with Gasteiger partial charge in [0, 0.05) is 24.0 Å². The van der Waals surface area contributed by atoms with E-state index >= 15 is 0 Å². The van der Waals surface area contributed by atoms with Crippen LogP contribution >= 0.6 is 0 Å². The van der Waals surface area contributed by atoms with Gasteiger partial charge in [0.1, 0.15) is 11.6 Å². The molecule has 1 fully saturated rings. The van der Waals surface area contributed by atoms with E-state index in [9.17, 15) is 5.26 Å². The number of benzene rings is 1. The van der Waals surface area contributed by atoms with E-state index < -0.39 is 0 Å². The maximum absolute atomic E-state index is 9.23. The van der Waals surface area contributed by atoms with Gasteiger partial charge in [-0.25, -0.2) is 4.98 Å². The highest BCUT2D eigenvalue weighted by Crippen LogP contribution is 2.31. The molecule has 1 aliphatic rings. The molecule has 6 nitrogen and oxygen atoms in total. The summed E-state index contributed by atoms with van der Waals surface area (Å²) in [5, 5.41) is 20.3. The van der Waals surface area contributed by atoms with Gasteiger partial charge >= 0.3 is 0 Å². The van der Waals surface area contributed by atoms with Crippen molar-refractivity contribution in [3.63, 3.8) is 0 Å². The topological polar surface area (TPSA) is 111 Å². The average Bonchev–Trinajstić information content (AvgIpc) is 2.62. The minimum Gasteiger partial charge on any atom is -0.388 e. The van der Waals surface area contributed by atoms with Gasteiger partial charge in [-0.1, -0.05) is 6.07 Å². The molecule has 1 heterocycles. The Bertz CT molecular complexity index is 829. The zero-order valence-electron chi connectivity index (χ0n) is 14.1. The lowest BCUT2D eigenvalue weighted by atomic mass is 9.77. The van der Waals surface area contributed by atoms with Crippen LogP contribution in [0.2, 0.25) is 0 Å². The molecular formula is C19H22N6. The molecule has 0 spiro atoms. The molecule has 1 saturated carbocycles. The Morgan fingerprint density at radius 1 is 1.44 bits per heavy atom. The first-order valence-electron chi connectivity index (χ1n) is 8.58. The van der Waals surface area contributed by atoms with Crippen molar-refractivity contribution in [1.29, 1.82) is 10.7 Å². The molecule has 0 bridgehead atoms. The highest BCUT2D eigenvalue weighted by molar-refractivity contribution is 6.07. The minimum absolute atomic E-state index is 0.445. The third-order valence-corrected chi connectivity index (χ3v) is 4.67. The predicted molar refractivity (Wildman–Crippen MR) is 98.9 cm³/mol. The molecule has 3 rings (SSSR count). The van der Waals surface area contributed by atoms with Gasteiger partial charge < -0.3 is 16.5 Å². The van der Waals surface area contributed by atoms with Gasteiger partial charge in [-0.3, -0.25) is 4.98 Å². The molecule has 2 aromatic rings. The number of aromatic nitrogens is 2. The number of fused-ring (bicyclic) bond motifs is 1. The first-order valence-corrected chi connectivity index (χ1v) is 8.58. The largest absolute Gasteiger partial charge is 0.388 e. The molecule has 6 heteroatoms. The maximum Gasteiger partial charge on any atom is 0.107 e. The molecule has 0 radical (unpaired) electrons. The molecule has 1 aliphatic carbocycles. The Hall–Kier alpha value is -2.78. The first-order chi connectivity index (χ1) is 12.2. The van der Waals surface area contributed by atoms with Crippen molar-refractivity contribution < 1.29 is 0 Å². The number of hydrogen-bond acceptors (Lipinski definition) is 6. The predicted octanol–water partition coefficient (Wildman–Crippen LogP) is 2.60. The molecular weight excluding hydrogens is 312 g/mol. The number of nitriles is 1. The monoisotopic (exact) mass is 334 g/mol. The zero-order valence-corrected chi connectivity index (χ0v) is 14.1. The summed E-state index contributed by atoms with van der Waals surface area (Å²) in [5.74, 6) is 0.761. The van der Waals surface area contributed by atoms with E-state index in [2.05, 4.69) is 21.4 Å². The fourth-order valence-electron chi connectivity index (χ4n) is 3.17. The van der Waals surface area contributed by atoms with Crippen LogP contribution < -0.4 is 11.1 Å². The summed E-state index contributed by atoms with van der Waals surface area (Å²) in [7, 11) is 0. The van der Waals surface area contributed by atoms with Crippen LogP contribution in [-0.2, 0) is 0 Å². The van der Waals surface area contributed by atoms with E-state index in [0.29, 0.717) is 33.9 Å². The van der Waals surface area contributed by atoms with Crippen molar-refractivity contribution >= 4 is 22.8 Å². The number of nitrogens with two attached hydrogens (primary N) is 1. The average molecular weight is 334 g/mol. The third-order valence-electron chi connectivity index (χ3n) is 4.67. The molecule has 0 unspecified atom stereocenters. The van der Waals surface area contributed by atoms with Gasteiger partial charge in [0.25, 0.3) is 0 Å². The number of hydrogen-bond donors (Lipinski definition) is 3.